The van der Waals surface area contributed by atoms with Crippen molar-refractivity contribution in [2.45, 2.75) is 32.6 Å². The molecule has 0 aliphatic rings. The van der Waals surface area contributed by atoms with Gasteiger partial charge >= 0.3 is 0 Å². The van der Waals surface area contributed by atoms with Gasteiger partial charge in [-0.2, -0.15) is 0 Å². The number of rotatable bonds is 7. The van der Waals surface area contributed by atoms with Gasteiger partial charge in [0.1, 0.15) is 4.88 Å². The summed E-state index contributed by atoms with van der Waals surface area (Å²) < 4.78 is 8.99. The van der Waals surface area contributed by atoms with Crippen LogP contribution in [0.4, 0.5) is 0 Å². The number of hydrogen-bond donors (Lipinski definition) is 1. The van der Waals surface area contributed by atoms with E-state index in [4.69, 9.17) is 22.7 Å². The van der Waals surface area contributed by atoms with Gasteiger partial charge in [0.15, 0.2) is 0 Å². The van der Waals surface area contributed by atoms with Crippen LogP contribution >= 0.6 is 23.8 Å². The molecule has 1 rings (SSSR count). The molecule has 0 radical (unpaired) electrons. The van der Waals surface area contributed by atoms with Crippen molar-refractivity contribution in [2.75, 3.05) is 26.8 Å². The smallest absolute Gasteiger partial charge is 0.267 e. The number of carbonyl (C=O) groups excluding carboxylic acids is 1. The molecule has 0 unspecified atom stereocenters. The number of amides is 1. The third-order valence-corrected chi connectivity index (χ3v) is 3.79. The van der Waals surface area contributed by atoms with E-state index >= 15 is 0 Å². The van der Waals surface area contributed by atoms with Gasteiger partial charge in [0.25, 0.3) is 5.91 Å². The Morgan fingerprint density at radius 3 is 2.62 bits per heavy atom. The van der Waals surface area contributed by atoms with E-state index in [1.807, 2.05) is 20.8 Å². The van der Waals surface area contributed by atoms with Crippen LogP contribution in [0.2, 0.25) is 0 Å². The van der Waals surface area contributed by atoms with Crippen molar-refractivity contribution in [3.8, 4) is 0 Å². The number of hydrogen-bond acceptors (Lipinski definition) is 6. The summed E-state index contributed by atoms with van der Waals surface area (Å²) in [6, 6.07) is 0. The van der Waals surface area contributed by atoms with Crippen LogP contribution in [0.3, 0.4) is 0 Å². The summed E-state index contributed by atoms with van der Waals surface area (Å²) >= 11 is 6.01. The van der Waals surface area contributed by atoms with Crippen molar-refractivity contribution < 1.29 is 9.53 Å². The predicted molar refractivity (Wildman–Crippen MR) is 87.8 cm³/mol. The summed E-state index contributed by atoms with van der Waals surface area (Å²) in [5, 5.41) is 4.11. The molecule has 0 aromatic carbocycles. The number of ether oxygens (including phenoxy) is 1. The average molecular weight is 330 g/mol. The van der Waals surface area contributed by atoms with Gasteiger partial charge in [-0.3, -0.25) is 4.79 Å². The average Bonchev–Trinajstić information content (AvgIpc) is 2.87. The Hall–Kier alpha value is -1.12. The van der Waals surface area contributed by atoms with E-state index in [0.29, 0.717) is 36.0 Å². The minimum atomic E-state index is -0.228. The van der Waals surface area contributed by atoms with Crippen molar-refractivity contribution in [2.24, 2.45) is 5.73 Å². The van der Waals surface area contributed by atoms with Crippen molar-refractivity contribution in [3.05, 3.63) is 10.6 Å². The highest BCUT2D eigenvalue weighted by atomic mass is 32.1. The third-order valence-electron chi connectivity index (χ3n) is 2.87. The predicted octanol–water partition coefficient (Wildman–Crippen LogP) is 1.60. The minimum Gasteiger partial charge on any atom is -0.393 e. The fraction of sp³-hybridized carbons (Fsp3) is 0.692. The van der Waals surface area contributed by atoms with Crippen LogP contribution in [0.25, 0.3) is 0 Å². The molecule has 0 aliphatic carbocycles. The molecule has 1 aromatic heterocycles. The Morgan fingerprint density at radius 2 is 2.10 bits per heavy atom. The van der Waals surface area contributed by atoms with E-state index in [0.717, 1.165) is 17.2 Å². The first-order valence-corrected chi connectivity index (χ1v) is 7.85. The lowest BCUT2D eigenvalue weighted by atomic mass is 9.91. The van der Waals surface area contributed by atoms with Crippen molar-refractivity contribution in [1.82, 2.24) is 14.5 Å². The van der Waals surface area contributed by atoms with Gasteiger partial charge in [0.05, 0.1) is 17.3 Å². The molecule has 1 amide bonds. The van der Waals surface area contributed by atoms with Crippen molar-refractivity contribution >= 4 is 34.6 Å². The molecule has 0 bridgehead atoms. The van der Waals surface area contributed by atoms with Crippen LogP contribution in [0, 0.1) is 0 Å². The zero-order chi connectivity index (χ0) is 16.0. The number of thiocarbonyl (C=S) groups is 1. The summed E-state index contributed by atoms with van der Waals surface area (Å²) in [5.74, 6) is -0.0942. The summed E-state index contributed by atoms with van der Waals surface area (Å²) in [6.45, 7) is 7.44. The second-order valence-electron chi connectivity index (χ2n) is 5.70. The summed E-state index contributed by atoms with van der Waals surface area (Å²) in [4.78, 5) is 15.4. The molecule has 0 fully saturated rings. The largest absolute Gasteiger partial charge is 0.393 e. The third kappa shape index (κ3) is 5.29. The molecule has 0 spiro atoms. The Bertz CT molecular complexity index is 497. The van der Waals surface area contributed by atoms with E-state index in [2.05, 4.69) is 9.59 Å². The maximum Gasteiger partial charge on any atom is 0.267 e. The second kappa shape index (κ2) is 7.77. The molecule has 21 heavy (non-hydrogen) atoms. The molecule has 0 saturated heterocycles. The van der Waals surface area contributed by atoms with Crippen LogP contribution in [0.1, 0.15) is 42.6 Å². The Morgan fingerprint density at radius 1 is 1.43 bits per heavy atom. The molecule has 1 heterocycles. The minimum absolute atomic E-state index is 0.0942. The Labute approximate surface area is 134 Å². The van der Waals surface area contributed by atoms with Gasteiger partial charge < -0.3 is 15.4 Å². The van der Waals surface area contributed by atoms with Crippen LogP contribution in [-0.4, -0.2) is 52.2 Å². The van der Waals surface area contributed by atoms with Gasteiger partial charge in [-0.1, -0.05) is 37.5 Å². The van der Waals surface area contributed by atoms with E-state index in [1.165, 1.54) is 0 Å². The lowest BCUT2D eigenvalue weighted by molar-refractivity contribution is 0.0703. The quantitative estimate of drug-likeness (QED) is 0.765. The molecular formula is C13H22N4O2S2. The highest BCUT2D eigenvalue weighted by molar-refractivity contribution is 7.80. The van der Waals surface area contributed by atoms with Crippen molar-refractivity contribution in [3.63, 3.8) is 0 Å². The zero-order valence-electron chi connectivity index (χ0n) is 12.9. The molecule has 0 saturated carbocycles. The van der Waals surface area contributed by atoms with Crippen LogP contribution in [0.5, 0.6) is 0 Å². The number of carbonyl (C=O) groups is 1. The number of aromatic nitrogens is 2. The first-order valence-electron chi connectivity index (χ1n) is 6.66. The molecular weight excluding hydrogens is 308 g/mol. The fourth-order valence-electron chi connectivity index (χ4n) is 1.73. The monoisotopic (exact) mass is 330 g/mol. The SMILES string of the molecule is COCCN(CCC(N)=S)C(=O)c1snnc1C(C)(C)C. The second-order valence-corrected chi connectivity index (χ2v) is 6.98. The topological polar surface area (TPSA) is 81.3 Å². The number of methoxy groups -OCH3 is 1. The number of nitrogens with two attached hydrogens (primary N) is 1. The fourth-order valence-corrected chi connectivity index (χ4v) is 2.66. The molecule has 0 atom stereocenters. The van der Waals surface area contributed by atoms with Gasteiger partial charge in [-0.05, 0) is 11.5 Å². The van der Waals surface area contributed by atoms with E-state index in [1.54, 1.807) is 12.0 Å². The van der Waals surface area contributed by atoms with Gasteiger partial charge in [0.2, 0.25) is 0 Å². The van der Waals surface area contributed by atoms with Gasteiger partial charge in [-0.25, -0.2) is 0 Å². The maximum absolute atomic E-state index is 12.7. The molecule has 2 N–H and O–H groups in total. The molecule has 6 nitrogen and oxygen atoms in total. The molecule has 0 aliphatic heterocycles. The maximum atomic E-state index is 12.7. The summed E-state index contributed by atoms with van der Waals surface area (Å²) in [7, 11) is 1.60. The van der Waals surface area contributed by atoms with Gasteiger partial charge in [-0.15, -0.1) is 5.10 Å². The highest BCUT2D eigenvalue weighted by Gasteiger charge is 2.28. The highest BCUT2D eigenvalue weighted by Crippen LogP contribution is 2.26. The van der Waals surface area contributed by atoms with Gasteiger partial charge in [0, 0.05) is 32.0 Å². The van der Waals surface area contributed by atoms with Crippen LogP contribution < -0.4 is 5.73 Å². The van der Waals surface area contributed by atoms with E-state index < -0.39 is 0 Å². The zero-order valence-corrected chi connectivity index (χ0v) is 14.5. The molecule has 1 aromatic rings. The van der Waals surface area contributed by atoms with Crippen LogP contribution in [0.15, 0.2) is 0 Å². The lowest BCUT2D eigenvalue weighted by Gasteiger charge is -2.23. The lowest BCUT2D eigenvalue weighted by Crippen LogP contribution is -2.37. The summed E-state index contributed by atoms with van der Waals surface area (Å²) in [5.41, 5.74) is 6.02. The van der Waals surface area contributed by atoms with Crippen molar-refractivity contribution in [1.29, 1.82) is 0 Å². The number of nitrogens with zero attached hydrogens (tertiary/aromatic N) is 3. The van der Waals surface area contributed by atoms with Crippen LogP contribution in [-0.2, 0) is 10.2 Å². The normalized spacial score (nSPS) is 11.4. The first kappa shape index (κ1) is 17.9. The first-order chi connectivity index (χ1) is 9.77. The standard InChI is InChI=1S/C13H22N4O2S2/c1-13(2,3)11-10(21-16-15-11)12(18)17(7-8-19-4)6-5-9(14)20/h5-8H2,1-4H3,(H2,14,20). The summed E-state index contributed by atoms with van der Waals surface area (Å²) in [6.07, 6.45) is 0.488. The van der Waals surface area contributed by atoms with E-state index in [-0.39, 0.29) is 11.3 Å². The molecule has 118 valence electrons. The van der Waals surface area contributed by atoms with E-state index in [9.17, 15) is 4.79 Å². The Balaban J connectivity index is 2.94. The Kier molecular flexibility index (Phi) is 6.63. The molecule has 8 heteroatoms.